The predicted octanol–water partition coefficient (Wildman–Crippen LogP) is 1.85. The van der Waals surface area contributed by atoms with Crippen molar-refractivity contribution < 1.29 is 9.53 Å². The first kappa shape index (κ1) is 17.9. The monoisotopic (exact) mass is 369 g/mol. The number of rotatable bonds is 4. The minimum atomic E-state index is 0.0601. The maximum atomic E-state index is 12.6. The minimum Gasteiger partial charge on any atom is -0.495 e. The number of nitrogens with zero attached hydrogens (tertiary/aromatic N) is 4. The predicted molar refractivity (Wildman–Crippen MR) is 104 cm³/mol. The van der Waals surface area contributed by atoms with Crippen molar-refractivity contribution in [3.05, 3.63) is 42.5 Å². The average molecular weight is 369 g/mol. The standard InChI is InChI=1S/C20H27N5O2/c1-27-19-7-3-2-6-18(19)24-11-9-23(10-12-24)16-5-4-8-25(14-16)20(26)17-13-21-15-22-17/h2-3,6-7,13,15-16H,4-5,8-12,14H2,1H3,(H,21,22)/t16-/m1/s1. The Hall–Kier alpha value is -2.54. The van der Waals surface area contributed by atoms with Gasteiger partial charge in [0.1, 0.15) is 11.4 Å². The summed E-state index contributed by atoms with van der Waals surface area (Å²) in [5.41, 5.74) is 1.75. The summed E-state index contributed by atoms with van der Waals surface area (Å²) in [4.78, 5) is 26.4. The van der Waals surface area contributed by atoms with Crippen LogP contribution < -0.4 is 9.64 Å². The number of H-pyrrole nitrogens is 1. The Bertz CT molecular complexity index is 755. The molecular weight excluding hydrogens is 342 g/mol. The maximum Gasteiger partial charge on any atom is 0.271 e. The lowest BCUT2D eigenvalue weighted by molar-refractivity contribution is 0.0558. The number of likely N-dealkylation sites (tertiary alicyclic amines) is 1. The summed E-state index contributed by atoms with van der Waals surface area (Å²) >= 11 is 0. The summed E-state index contributed by atoms with van der Waals surface area (Å²) in [7, 11) is 1.72. The number of aromatic amines is 1. The topological polar surface area (TPSA) is 64.7 Å². The van der Waals surface area contributed by atoms with Crippen molar-refractivity contribution in [1.82, 2.24) is 19.8 Å². The lowest BCUT2D eigenvalue weighted by Crippen LogP contribution is -2.56. The number of carbonyl (C=O) groups excluding carboxylic acids is 1. The van der Waals surface area contributed by atoms with Crippen molar-refractivity contribution in [2.45, 2.75) is 18.9 Å². The van der Waals surface area contributed by atoms with Crippen LogP contribution in [0.15, 0.2) is 36.8 Å². The van der Waals surface area contributed by atoms with E-state index in [1.165, 1.54) is 5.69 Å². The summed E-state index contributed by atoms with van der Waals surface area (Å²) in [5, 5.41) is 0. The Kier molecular flexibility index (Phi) is 5.29. The highest BCUT2D eigenvalue weighted by Gasteiger charge is 2.31. The lowest BCUT2D eigenvalue weighted by Gasteiger charge is -2.44. The third-order valence-electron chi connectivity index (χ3n) is 5.67. The van der Waals surface area contributed by atoms with Gasteiger partial charge in [0.25, 0.3) is 5.91 Å². The molecule has 7 heteroatoms. The molecule has 1 N–H and O–H groups in total. The fourth-order valence-corrected chi connectivity index (χ4v) is 4.20. The highest BCUT2D eigenvalue weighted by atomic mass is 16.5. The van der Waals surface area contributed by atoms with E-state index in [0.717, 1.165) is 57.9 Å². The number of ether oxygens (including phenoxy) is 1. The van der Waals surface area contributed by atoms with E-state index in [0.29, 0.717) is 11.7 Å². The quantitative estimate of drug-likeness (QED) is 0.891. The number of benzene rings is 1. The number of methoxy groups -OCH3 is 1. The van der Waals surface area contributed by atoms with Crippen LogP contribution in [0.1, 0.15) is 23.3 Å². The van der Waals surface area contributed by atoms with Crippen LogP contribution in [0.4, 0.5) is 5.69 Å². The SMILES string of the molecule is COc1ccccc1N1CCN([C@@H]2CCCN(C(=O)c3cnc[nH]3)C2)CC1. The first-order valence-electron chi connectivity index (χ1n) is 9.66. The van der Waals surface area contributed by atoms with Gasteiger partial charge in [-0.2, -0.15) is 0 Å². The highest BCUT2D eigenvalue weighted by Crippen LogP contribution is 2.29. The number of piperazine rings is 1. The molecule has 4 rings (SSSR count). The molecule has 0 radical (unpaired) electrons. The van der Waals surface area contributed by atoms with Crippen molar-refractivity contribution in [3.63, 3.8) is 0 Å². The zero-order valence-electron chi connectivity index (χ0n) is 15.8. The zero-order chi connectivity index (χ0) is 18.6. The molecule has 2 aliphatic heterocycles. The van der Waals surface area contributed by atoms with Crippen LogP contribution in [0.25, 0.3) is 0 Å². The second kappa shape index (κ2) is 8.00. The Labute approximate surface area is 159 Å². The van der Waals surface area contributed by atoms with Crippen molar-refractivity contribution >= 4 is 11.6 Å². The van der Waals surface area contributed by atoms with Gasteiger partial charge in [-0.3, -0.25) is 9.69 Å². The second-order valence-electron chi connectivity index (χ2n) is 7.21. The molecule has 3 heterocycles. The van der Waals surface area contributed by atoms with Crippen molar-refractivity contribution in [2.75, 3.05) is 51.3 Å². The third kappa shape index (κ3) is 3.78. The number of anilines is 1. The number of aromatic nitrogens is 2. The molecule has 144 valence electrons. The van der Waals surface area contributed by atoms with Gasteiger partial charge < -0.3 is 19.5 Å². The number of hydrogen-bond donors (Lipinski definition) is 1. The van der Waals surface area contributed by atoms with Gasteiger partial charge in [-0.25, -0.2) is 4.98 Å². The van der Waals surface area contributed by atoms with E-state index in [9.17, 15) is 4.79 Å². The molecule has 0 aliphatic carbocycles. The molecule has 2 fully saturated rings. The Morgan fingerprint density at radius 3 is 2.74 bits per heavy atom. The van der Waals surface area contributed by atoms with Crippen LogP contribution in [0, 0.1) is 0 Å². The third-order valence-corrected chi connectivity index (χ3v) is 5.67. The van der Waals surface area contributed by atoms with Gasteiger partial charge in [-0.1, -0.05) is 12.1 Å². The molecule has 2 aromatic rings. The molecule has 1 aromatic heterocycles. The van der Waals surface area contributed by atoms with Gasteiger partial charge in [0, 0.05) is 45.3 Å². The van der Waals surface area contributed by atoms with Gasteiger partial charge in [0.15, 0.2) is 0 Å². The Morgan fingerprint density at radius 1 is 1.19 bits per heavy atom. The number of amides is 1. The van der Waals surface area contributed by atoms with E-state index in [1.807, 2.05) is 17.0 Å². The number of carbonyl (C=O) groups is 1. The smallest absolute Gasteiger partial charge is 0.271 e. The van der Waals surface area contributed by atoms with E-state index < -0.39 is 0 Å². The maximum absolute atomic E-state index is 12.6. The lowest BCUT2D eigenvalue weighted by atomic mass is 10.0. The van der Waals surface area contributed by atoms with Gasteiger partial charge in [-0.05, 0) is 25.0 Å². The van der Waals surface area contributed by atoms with Gasteiger partial charge in [-0.15, -0.1) is 0 Å². The Balaban J connectivity index is 1.36. The van der Waals surface area contributed by atoms with E-state index in [-0.39, 0.29) is 5.91 Å². The molecular formula is C20H27N5O2. The molecule has 27 heavy (non-hydrogen) atoms. The molecule has 0 bridgehead atoms. The molecule has 7 nitrogen and oxygen atoms in total. The number of para-hydroxylation sites is 2. The van der Waals surface area contributed by atoms with Crippen LogP contribution in [0.5, 0.6) is 5.75 Å². The first-order valence-corrected chi connectivity index (χ1v) is 9.66. The largest absolute Gasteiger partial charge is 0.495 e. The number of nitrogens with one attached hydrogen (secondary N) is 1. The van der Waals surface area contributed by atoms with Gasteiger partial charge in [0.05, 0.1) is 25.3 Å². The number of hydrogen-bond acceptors (Lipinski definition) is 5. The normalized spacial score (nSPS) is 21.3. The van der Waals surface area contributed by atoms with Gasteiger partial charge in [0.2, 0.25) is 0 Å². The van der Waals surface area contributed by atoms with E-state index in [4.69, 9.17) is 4.74 Å². The van der Waals surface area contributed by atoms with Crippen LogP contribution in [-0.2, 0) is 0 Å². The summed E-state index contributed by atoms with van der Waals surface area (Å²) in [6, 6.07) is 8.64. The molecule has 2 aliphatic rings. The fourth-order valence-electron chi connectivity index (χ4n) is 4.20. The highest BCUT2D eigenvalue weighted by molar-refractivity contribution is 5.92. The van der Waals surface area contributed by atoms with Crippen LogP contribution in [0.2, 0.25) is 0 Å². The van der Waals surface area contributed by atoms with Crippen LogP contribution >= 0.6 is 0 Å². The molecule has 1 atom stereocenters. The summed E-state index contributed by atoms with van der Waals surface area (Å²) < 4.78 is 5.51. The van der Waals surface area contributed by atoms with Crippen molar-refractivity contribution in [1.29, 1.82) is 0 Å². The van der Waals surface area contributed by atoms with E-state index in [1.54, 1.807) is 19.6 Å². The van der Waals surface area contributed by atoms with Crippen molar-refractivity contribution in [3.8, 4) is 5.75 Å². The fraction of sp³-hybridized carbons (Fsp3) is 0.500. The Morgan fingerprint density at radius 2 is 2.00 bits per heavy atom. The summed E-state index contributed by atoms with van der Waals surface area (Å²) in [5.74, 6) is 0.991. The van der Waals surface area contributed by atoms with Gasteiger partial charge >= 0.3 is 0 Å². The second-order valence-corrected chi connectivity index (χ2v) is 7.21. The minimum absolute atomic E-state index is 0.0601. The molecule has 0 unspecified atom stereocenters. The average Bonchev–Trinajstić information content (AvgIpc) is 3.28. The molecule has 1 aromatic carbocycles. The van der Waals surface area contributed by atoms with Crippen molar-refractivity contribution in [2.24, 2.45) is 0 Å². The summed E-state index contributed by atoms with van der Waals surface area (Å²) in [6.45, 7) is 5.60. The van der Waals surface area contributed by atoms with Crippen LogP contribution in [-0.4, -0.2) is 78.1 Å². The first-order chi connectivity index (χ1) is 13.3. The molecule has 0 saturated carbocycles. The van der Waals surface area contributed by atoms with E-state index >= 15 is 0 Å². The van der Waals surface area contributed by atoms with Crippen LogP contribution in [0.3, 0.4) is 0 Å². The number of piperidine rings is 1. The zero-order valence-corrected chi connectivity index (χ0v) is 15.8. The molecule has 1 amide bonds. The number of imidazole rings is 1. The van der Waals surface area contributed by atoms with E-state index in [2.05, 4.69) is 31.9 Å². The molecule has 2 saturated heterocycles. The molecule has 0 spiro atoms. The summed E-state index contributed by atoms with van der Waals surface area (Å²) in [6.07, 6.45) is 5.38.